The summed E-state index contributed by atoms with van der Waals surface area (Å²) in [5.74, 6) is 0.248. The molecule has 0 saturated carbocycles. The van der Waals surface area contributed by atoms with Gasteiger partial charge in [-0.15, -0.1) is 0 Å². The maximum atomic E-state index is 11.7. The maximum Gasteiger partial charge on any atom is 0.269 e. The summed E-state index contributed by atoms with van der Waals surface area (Å²) in [5, 5.41) is 3.27. The minimum atomic E-state index is -0.442. The Hall–Kier alpha value is -2.08. The summed E-state index contributed by atoms with van der Waals surface area (Å²) in [4.78, 5) is 18.3. The molecule has 0 bridgehead atoms. The molecular formula is C12H15N5O. The molecule has 0 aliphatic carbocycles. The van der Waals surface area contributed by atoms with Gasteiger partial charge in [-0.1, -0.05) is 6.07 Å². The van der Waals surface area contributed by atoms with Crippen LogP contribution in [0.2, 0.25) is 0 Å². The zero-order valence-corrected chi connectivity index (χ0v) is 9.97. The van der Waals surface area contributed by atoms with Crippen molar-refractivity contribution in [3.63, 3.8) is 0 Å². The molecule has 3 N–H and O–H groups in total. The van der Waals surface area contributed by atoms with E-state index in [1.54, 1.807) is 4.40 Å². The lowest BCUT2D eigenvalue weighted by atomic mass is 10.3. The highest BCUT2D eigenvalue weighted by molar-refractivity contribution is 5.97. The van der Waals surface area contributed by atoms with Crippen LogP contribution in [0.1, 0.15) is 10.5 Å². The fourth-order valence-electron chi connectivity index (χ4n) is 2.31. The van der Waals surface area contributed by atoms with Crippen LogP contribution in [0.4, 0.5) is 5.82 Å². The zero-order chi connectivity index (χ0) is 12.5. The van der Waals surface area contributed by atoms with Crippen molar-refractivity contribution in [2.45, 2.75) is 0 Å². The van der Waals surface area contributed by atoms with Gasteiger partial charge in [0.15, 0.2) is 11.5 Å². The number of nitrogens with one attached hydrogen (secondary N) is 1. The minimum absolute atomic E-state index is 0.442. The summed E-state index contributed by atoms with van der Waals surface area (Å²) in [5.41, 5.74) is 6.70. The summed E-state index contributed by atoms with van der Waals surface area (Å²) < 4.78 is 1.75. The molecule has 3 heterocycles. The van der Waals surface area contributed by atoms with Crippen molar-refractivity contribution in [1.29, 1.82) is 0 Å². The predicted molar refractivity (Wildman–Crippen MR) is 68.8 cm³/mol. The Kier molecular flexibility index (Phi) is 2.64. The maximum absolute atomic E-state index is 11.7. The first-order valence-corrected chi connectivity index (χ1v) is 6.00. The Morgan fingerprint density at radius 3 is 2.83 bits per heavy atom. The van der Waals surface area contributed by atoms with Gasteiger partial charge in [0, 0.05) is 32.4 Å². The Morgan fingerprint density at radius 2 is 2.11 bits per heavy atom. The van der Waals surface area contributed by atoms with E-state index in [4.69, 9.17) is 5.73 Å². The van der Waals surface area contributed by atoms with Gasteiger partial charge >= 0.3 is 0 Å². The average molecular weight is 245 g/mol. The molecular weight excluding hydrogens is 230 g/mol. The fraction of sp³-hybridized carbons (Fsp3) is 0.333. The molecule has 18 heavy (non-hydrogen) atoms. The number of aromatic nitrogens is 2. The third kappa shape index (κ3) is 1.70. The summed E-state index contributed by atoms with van der Waals surface area (Å²) in [6, 6.07) is 5.63. The summed E-state index contributed by atoms with van der Waals surface area (Å²) in [6.45, 7) is 3.46. The van der Waals surface area contributed by atoms with E-state index in [9.17, 15) is 4.79 Å². The first-order valence-electron chi connectivity index (χ1n) is 6.00. The summed E-state index contributed by atoms with van der Waals surface area (Å²) in [6.07, 6.45) is 1.81. The van der Waals surface area contributed by atoms with Crippen molar-refractivity contribution in [3.8, 4) is 0 Å². The molecule has 6 nitrogen and oxygen atoms in total. The number of rotatable bonds is 2. The Bertz CT molecular complexity index is 585. The van der Waals surface area contributed by atoms with Crippen molar-refractivity contribution >= 4 is 17.4 Å². The first kappa shape index (κ1) is 11.0. The van der Waals surface area contributed by atoms with Gasteiger partial charge < -0.3 is 16.0 Å². The summed E-state index contributed by atoms with van der Waals surface area (Å²) >= 11 is 0. The van der Waals surface area contributed by atoms with Crippen LogP contribution in [0, 0.1) is 0 Å². The van der Waals surface area contributed by atoms with Crippen LogP contribution in [0.5, 0.6) is 0 Å². The number of nitrogens with zero attached hydrogens (tertiary/aromatic N) is 3. The van der Waals surface area contributed by atoms with Gasteiger partial charge in [0.25, 0.3) is 5.91 Å². The molecule has 1 amide bonds. The first-order chi connectivity index (χ1) is 8.77. The van der Waals surface area contributed by atoms with Crippen molar-refractivity contribution in [2.24, 2.45) is 5.73 Å². The predicted octanol–water partition coefficient (Wildman–Crippen LogP) is -0.157. The number of hydrogen-bond donors (Lipinski definition) is 2. The van der Waals surface area contributed by atoms with Crippen LogP contribution < -0.4 is 16.0 Å². The highest BCUT2D eigenvalue weighted by Crippen LogP contribution is 2.21. The topological polar surface area (TPSA) is 75.7 Å². The largest absolute Gasteiger partial charge is 0.364 e. The zero-order valence-electron chi connectivity index (χ0n) is 9.97. The highest BCUT2D eigenvalue weighted by atomic mass is 16.1. The second-order valence-electron chi connectivity index (χ2n) is 4.31. The number of anilines is 1. The van der Waals surface area contributed by atoms with Gasteiger partial charge in [-0.25, -0.2) is 4.98 Å². The molecule has 1 aliphatic heterocycles. The number of carbonyl (C=O) groups is 1. The van der Waals surface area contributed by atoms with E-state index in [0.29, 0.717) is 11.5 Å². The number of carbonyl (C=O) groups excluding carboxylic acids is 1. The van der Waals surface area contributed by atoms with E-state index in [-0.39, 0.29) is 0 Å². The second-order valence-corrected chi connectivity index (χ2v) is 4.31. The van der Waals surface area contributed by atoms with Crippen molar-refractivity contribution in [2.75, 3.05) is 31.1 Å². The molecule has 1 fully saturated rings. The normalized spacial score (nSPS) is 16.1. The summed E-state index contributed by atoms with van der Waals surface area (Å²) in [7, 11) is 0. The van der Waals surface area contributed by atoms with Gasteiger partial charge in [-0.3, -0.25) is 9.20 Å². The van der Waals surface area contributed by atoms with Crippen molar-refractivity contribution < 1.29 is 4.79 Å². The number of nitrogens with two attached hydrogens (primary N) is 1. The molecule has 0 aromatic carbocycles. The minimum Gasteiger partial charge on any atom is -0.364 e. The molecule has 6 heteroatoms. The van der Waals surface area contributed by atoms with E-state index in [0.717, 1.165) is 31.8 Å². The Balaban J connectivity index is 2.14. The molecule has 2 aromatic heterocycles. The van der Waals surface area contributed by atoms with Crippen LogP contribution in [0.25, 0.3) is 5.65 Å². The number of fused-ring (bicyclic) bond motifs is 1. The lowest BCUT2D eigenvalue weighted by Crippen LogP contribution is -2.44. The van der Waals surface area contributed by atoms with Gasteiger partial charge in [-0.2, -0.15) is 0 Å². The van der Waals surface area contributed by atoms with Gasteiger partial charge in [0.2, 0.25) is 0 Å². The number of piperazine rings is 1. The van der Waals surface area contributed by atoms with Crippen molar-refractivity contribution in [3.05, 3.63) is 30.1 Å². The van der Waals surface area contributed by atoms with Crippen LogP contribution in [0.3, 0.4) is 0 Å². The standard InChI is InChI=1S/C12H15N5O/c13-11(18)10-12(16-7-4-14-5-8-16)15-9-3-1-2-6-17(9)10/h1-3,6,14H,4-5,7-8H2,(H2,13,18). The molecule has 0 atom stereocenters. The fourth-order valence-corrected chi connectivity index (χ4v) is 2.31. The van der Waals surface area contributed by atoms with Gasteiger partial charge in [0.05, 0.1) is 0 Å². The molecule has 0 unspecified atom stereocenters. The SMILES string of the molecule is NC(=O)c1c(N2CCNCC2)nc2ccccn12. The highest BCUT2D eigenvalue weighted by Gasteiger charge is 2.22. The molecule has 3 rings (SSSR count). The number of amides is 1. The van der Waals surface area contributed by atoms with E-state index in [2.05, 4.69) is 15.2 Å². The van der Waals surface area contributed by atoms with Gasteiger partial charge in [0.1, 0.15) is 5.65 Å². The molecule has 1 saturated heterocycles. The Morgan fingerprint density at radius 1 is 1.33 bits per heavy atom. The van der Waals surface area contributed by atoms with E-state index in [1.807, 2.05) is 24.4 Å². The second kappa shape index (κ2) is 4.30. The van der Waals surface area contributed by atoms with E-state index in [1.165, 1.54) is 0 Å². The van der Waals surface area contributed by atoms with E-state index >= 15 is 0 Å². The smallest absolute Gasteiger partial charge is 0.269 e. The lowest BCUT2D eigenvalue weighted by Gasteiger charge is -2.27. The van der Waals surface area contributed by atoms with Crippen LogP contribution in [-0.2, 0) is 0 Å². The van der Waals surface area contributed by atoms with Crippen LogP contribution in [0.15, 0.2) is 24.4 Å². The molecule has 2 aromatic rings. The van der Waals surface area contributed by atoms with Gasteiger partial charge in [-0.05, 0) is 12.1 Å². The molecule has 0 radical (unpaired) electrons. The number of imidazole rings is 1. The Labute approximate surface area is 104 Å². The molecule has 0 spiro atoms. The monoisotopic (exact) mass is 245 g/mol. The van der Waals surface area contributed by atoms with E-state index < -0.39 is 5.91 Å². The van der Waals surface area contributed by atoms with Crippen LogP contribution >= 0.6 is 0 Å². The van der Waals surface area contributed by atoms with Crippen molar-refractivity contribution in [1.82, 2.24) is 14.7 Å². The lowest BCUT2D eigenvalue weighted by molar-refractivity contribution is 0.0995. The number of hydrogen-bond acceptors (Lipinski definition) is 4. The van der Waals surface area contributed by atoms with Crippen LogP contribution in [-0.4, -0.2) is 41.5 Å². The molecule has 94 valence electrons. The molecule has 1 aliphatic rings. The third-order valence-corrected chi connectivity index (χ3v) is 3.16. The average Bonchev–Trinajstić information content (AvgIpc) is 2.79. The quantitative estimate of drug-likeness (QED) is 0.771. The number of pyridine rings is 1. The number of primary amides is 1. The third-order valence-electron chi connectivity index (χ3n) is 3.16.